The number of hydrogen-bond acceptors (Lipinski definition) is 1. The van der Waals surface area contributed by atoms with Gasteiger partial charge in [-0.25, -0.2) is 0 Å². The Morgan fingerprint density at radius 1 is 0.824 bits per heavy atom. The number of halogens is 1. The first kappa shape index (κ1) is 13.2. The second kappa shape index (κ2) is 6.66. The van der Waals surface area contributed by atoms with E-state index in [0.29, 0.717) is 0 Å². The van der Waals surface area contributed by atoms with Crippen molar-refractivity contribution in [3.8, 4) is 0 Å². The van der Waals surface area contributed by atoms with Crippen LogP contribution in [0.1, 0.15) is 15.9 Å². The molecule has 0 aliphatic rings. The van der Waals surface area contributed by atoms with Crippen LogP contribution in [0.25, 0.3) is 6.08 Å². The molecule has 1 nitrogen and oxygen atoms in total. The maximum atomic E-state index is 11.7. The minimum atomic E-state index is 0. The van der Waals surface area contributed by atoms with Gasteiger partial charge in [0, 0.05) is 5.56 Å². The third kappa shape index (κ3) is 3.89. The SMILES string of the molecule is Cl.O=C(/C=C/c1ccccc1)c1ccccc1. The van der Waals surface area contributed by atoms with Crippen LogP contribution >= 0.6 is 12.4 Å². The van der Waals surface area contributed by atoms with E-state index in [9.17, 15) is 4.79 Å². The number of benzene rings is 2. The van der Waals surface area contributed by atoms with Gasteiger partial charge in [-0.1, -0.05) is 66.7 Å². The summed E-state index contributed by atoms with van der Waals surface area (Å²) in [5, 5.41) is 0. The van der Waals surface area contributed by atoms with Crippen LogP contribution in [0.2, 0.25) is 0 Å². The molecule has 0 unspecified atom stereocenters. The first-order chi connectivity index (χ1) is 7.86. The van der Waals surface area contributed by atoms with E-state index in [2.05, 4.69) is 0 Å². The van der Waals surface area contributed by atoms with Crippen molar-refractivity contribution in [2.45, 2.75) is 0 Å². The highest BCUT2D eigenvalue weighted by molar-refractivity contribution is 6.06. The Labute approximate surface area is 107 Å². The molecule has 0 bridgehead atoms. The minimum Gasteiger partial charge on any atom is -0.289 e. The molecule has 2 aromatic carbocycles. The van der Waals surface area contributed by atoms with Crippen LogP contribution in [-0.4, -0.2) is 5.78 Å². The summed E-state index contributed by atoms with van der Waals surface area (Å²) in [7, 11) is 0. The highest BCUT2D eigenvalue weighted by Crippen LogP contribution is 2.05. The first-order valence-corrected chi connectivity index (χ1v) is 5.19. The average Bonchev–Trinajstić information content (AvgIpc) is 2.38. The number of rotatable bonds is 3. The first-order valence-electron chi connectivity index (χ1n) is 5.19. The van der Waals surface area contributed by atoms with Crippen LogP contribution < -0.4 is 0 Å². The lowest BCUT2D eigenvalue weighted by Crippen LogP contribution is -1.92. The Hall–Kier alpha value is -1.86. The molecular formula is C15H13ClO. The Morgan fingerprint density at radius 3 is 1.94 bits per heavy atom. The summed E-state index contributed by atoms with van der Waals surface area (Å²) in [6.45, 7) is 0. The molecule has 0 atom stereocenters. The van der Waals surface area contributed by atoms with Crippen molar-refractivity contribution in [2.24, 2.45) is 0 Å². The zero-order valence-electron chi connectivity index (χ0n) is 9.24. The van der Waals surface area contributed by atoms with Crippen molar-refractivity contribution in [1.82, 2.24) is 0 Å². The van der Waals surface area contributed by atoms with E-state index in [0.717, 1.165) is 11.1 Å². The maximum Gasteiger partial charge on any atom is 0.185 e. The smallest absolute Gasteiger partial charge is 0.185 e. The second-order valence-electron chi connectivity index (χ2n) is 3.47. The molecule has 17 heavy (non-hydrogen) atoms. The lowest BCUT2D eigenvalue weighted by Gasteiger charge is -1.94. The molecule has 2 aromatic rings. The summed E-state index contributed by atoms with van der Waals surface area (Å²) in [6, 6.07) is 19.1. The monoisotopic (exact) mass is 244 g/mol. The van der Waals surface area contributed by atoms with Gasteiger partial charge < -0.3 is 0 Å². The predicted molar refractivity (Wildman–Crippen MR) is 73.5 cm³/mol. The molecule has 0 amide bonds. The summed E-state index contributed by atoms with van der Waals surface area (Å²) >= 11 is 0. The quantitative estimate of drug-likeness (QED) is 0.589. The second-order valence-corrected chi connectivity index (χ2v) is 3.47. The Morgan fingerprint density at radius 2 is 1.35 bits per heavy atom. The zero-order chi connectivity index (χ0) is 11.2. The normalized spacial score (nSPS) is 9.88. The van der Waals surface area contributed by atoms with Gasteiger partial charge >= 0.3 is 0 Å². The van der Waals surface area contributed by atoms with Gasteiger partial charge in [0.05, 0.1) is 0 Å². The van der Waals surface area contributed by atoms with Crippen molar-refractivity contribution < 1.29 is 4.79 Å². The fourth-order valence-corrected chi connectivity index (χ4v) is 1.43. The molecule has 0 aliphatic carbocycles. The predicted octanol–water partition coefficient (Wildman–Crippen LogP) is 4.00. The van der Waals surface area contributed by atoms with Crippen LogP contribution in [0, 0.1) is 0 Å². The van der Waals surface area contributed by atoms with Crippen LogP contribution in [0.5, 0.6) is 0 Å². The highest BCUT2D eigenvalue weighted by atomic mass is 35.5. The van der Waals surface area contributed by atoms with Crippen molar-refractivity contribution in [3.63, 3.8) is 0 Å². The molecule has 0 saturated carbocycles. The standard InChI is InChI=1S/C15H12O.ClH/c16-15(14-9-5-2-6-10-14)12-11-13-7-3-1-4-8-13;/h1-12H;1H/b12-11+;. The average molecular weight is 245 g/mol. The fourth-order valence-electron chi connectivity index (χ4n) is 1.43. The minimum absolute atomic E-state index is 0. The summed E-state index contributed by atoms with van der Waals surface area (Å²) in [4.78, 5) is 11.7. The van der Waals surface area contributed by atoms with Crippen molar-refractivity contribution >= 4 is 24.3 Å². The third-order valence-corrected chi connectivity index (χ3v) is 2.29. The molecule has 0 aromatic heterocycles. The van der Waals surface area contributed by atoms with Crippen LogP contribution in [0.3, 0.4) is 0 Å². The van der Waals surface area contributed by atoms with Gasteiger partial charge in [-0.05, 0) is 11.6 Å². The van der Waals surface area contributed by atoms with Crippen molar-refractivity contribution in [3.05, 3.63) is 77.9 Å². The van der Waals surface area contributed by atoms with Gasteiger partial charge in [-0.15, -0.1) is 12.4 Å². The molecule has 0 N–H and O–H groups in total. The third-order valence-electron chi connectivity index (χ3n) is 2.29. The lowest BCUT2D eigenvalue weighted by atomic mass is 10.1. The molecule has 0 aliphatic heterocycles. The fraction of sp³-hybridized carbons (Fsp3) is 0. The van der Waals surface area contributed by atoms with E-state index >= 15 is 0 Å². The molecule has 0 saturated heterocycles. The van der Waals surface area contributed by atoms with Gasteiger partial charge in [-0.3, -0.25) is 4.79 Å². The van der Waals surface area contributed by atoms with E-state index in [1.807, 2.05) is 66.7 Å². The molecule has 2 heteroatoms. The van der Waals surface area contributed by atoms with Gasteiger partial charge in [0.25, 0.3) is 0 Å². The zero-order valence-corrected chi connectivity index (χ0v) is 10.1. The Bertz CT molecular complexity index is 489. The van der Waals surface area contributed by atoms with Crippen molar-refractivity contribution in [1.29, 1.82) is 0 Å². The molecular weight excluding hydrogens is 232 g/mol. The van der Waals surface area contributed by atoms with Crippen LogP contribution in [0.15, 0.2) is 66.7 Å². The largest absolute Gasteiger partial charge is 0.289 e. The number of ketones is 1. The van der Waals surface area contributed by atoms with E-state index in [1.54, 1.807) is 6.08 Å². The summed E-state index contributed by atoms with van der Waals surface area (Å²) < 4.78 is 0. The summed E-state index contributed by atoms with van der Waals surface area (Å²) in [5.74, 6) is 0.0319. The lowest BCUT2D eigenvalue weighted by molar-refractivity contribution is 0.104. The molecule has 0 radical (unpaired) electrons. The number of hydrogen-bond donors (Lipinski definition) is 0. The van der Waals surface area contributed by atoms with Crippen molar-refractivity contribution in [2.75, 3.05) is 0 Å². The van der Waals surface area contributed by atoms with Gasteiger partial charge in [0.15, 0.2) is 5.78 Å². The van der Waals surface area contributed by atoms with E-state index in [1.165, 1.54) is 0 Å². The number of carbonyl (C=O) groups excluding carboxylic acids is 1. The van der Waals surface area contributed by atoms with Crippen LogP contribution in [0.4, 0.5) is 0 Å². The van der Waals surface area contributed by atoms with E-state index in [-0.39, 0.29) is 18.2 Å². The van der Waals surface area contributed by atoms with E-state index < -0.39 is 0 Å². The summed E-state index contributed by atoms with van der Waals surface area (Å²) in [5.41, 5.74) is 1.75. The molecule has 2 rings (SSSR count). The Balaban J connectivity index is 0.00000144. The van der Waals surface area contributed by atoms with Crippen LogP contribution in [-0.2, 0) is 0 Å². The molecule has 0 fully saturated rings. The topological polar surface area (TPSA) is 17.1 Å². The summed E-state index contributed by atoms with van der Waals surface area (Å²) in [6.07, 6.45) is 3.43. The van der Waals surface area contributed by atoms with Gasteiger partial charge in [0.2, 0.25) is 0 Å². The number of carbonyl (C=O) groups is 1. The Kier molecular flexibility index (Phi) is 5.18. The maximum absolute atomic E-state index is 11.7. The van der Waals surface area contributed by atoms with E-state index in [4.69, 9.17) is 0 Å². The molecule has 0 heterocycles. The molecule has 0 spiro atoms. The highest BCUT2D eigenvalue weighted by Gasteiger charge is 1.98. The molecule has 86 valence electrons. The number of allylic oxidation sites excluding steroid dienone is 1. The van der Waals surface area contributed by atoms with Gasteiger partial charge in [-0.2, -0.15) is 0 Å². The van der Waals surface area contributed by atoms with Gasteiger partial charge in [0.1, 0.15) is 0 Å².